The first-order valence-corrected chi connectivity index (χ1v) is 7.56. The number of H-pyrrole nitrogens is 2. The van der Waals surface area contributed by atoms with Crippen LogP contribution in [0.15, 0.2) is 79.4 Å². The van der Waals surface area contributed by atoms with Crippen molar-refractivity contribution in [1.82, 2.24) is 19.9 Å². The number of rotatable bonds is 4. The quantitative estimate of drug-likeness (QED) is 0.599. The van der Waals surface area contributed by atoms with E-state index in [1.54, 1.807) is 12.4 Å². The Morgan fingerprint density at radius 1 is 0.652 bits per heavy atom. The highest BCUT2D eigenvalue weighted by molar-refractivity contribution is 5.63. The fraction of sp³-hybridized carbons (Fsp3) is 0.0526. The lowest BCUT2D eigenvalue weighted by Gasteiger charge is -2.13. The monoisotopic (exact) mass is 300 g/mol. The number of aromatic amines is 2. The molecule has 4 heteroatoms. The van der Waals surface area contributed by atoms with E-state index in [9.17, 15) is 0 Å². The molecule has 0 spiro atoms. The Bertz CT molecular complexity index is 813. The van der Waals surface area contributed by atoms with E-state index in [4.69, 9.17) is 0 Å². The van der Waals surface area contributed by atoms with Gasteiger partial charge >= 0.3 is 0 Å². The largest absolute Gasteiger partial charge is 0.348 e. The summed E-state index contributed by atoms with van der Waals surface area (Å²) in [6.45, 7) is 0. The summed E-state index contributed by atoms with van der Waals surface area (Å²) >= 11 is 0. The van der Waals surface area contributed by atoms with Crippen LogP contribution in [-0.2, 0) is 0 Å². The molecule has 0 unspecified atom stereocenters. The molecule has 0 aliphatic carbocycles. The summed E-state index contributed by atoms with van der Waals surface area (Å²) in [7, 11) is 0. The maximum atomic E-state index is 4.41. The molecule has 0 aliphatic rings. The topological polar surface area (TPSA) is 57.4 Å². The molecular weight excluding hydrogens is 284 g/mol. The zero-order valence-electron chi connectivity index (χ0n) is 12.5. The molecule has 0 fully saturated rings. The average Bonchev–Trinajstić information content (AvgIpc) is 3.31. The van der Waals surface area contributed by atoms with Gasteiger partial charge in [-0.25, -0.2) is 9.97 Å². The van der Waals surface area contributed by atoms with Crippen molar-refractivity contribution >= 4 is 0 Å². The van der Waals surface area contributed by atoms with Gasteiger partial charge in [0.2, 0.25) is 0 Å². The van der Waals surface area contributed by atoms with Crippen molar-refractivity contribution < 1.29 is 0 Å². The Morgan fingerprint density at radius 2 is 1.22 bits per heavy atom. The third-order valence-corrected chi connectivity index (χ3v) is 3.94. The number of benzene rings is 2. The van der Waals surface area contributed by atoms with Crippen LogP contribution in [0.1, 0.15) is 23.1 Å². The standard InChI is InChI=1S/C19H16N4/c1-2-4-14(5-3-1)15-6-8-16(9-7-15)17(18-20-10-11-21-18)19-22-12-13-23-19/h1-13,17H,(H,20,21)(H,22,23). The maximum absolute atomic E-state index is 4.41. The summed E-state index contributed by atoms with van der Waals surface area (Å²) in [6.07, 6.45) is 7.21. The molecular formula is C19H16N4. The lowest BCUT2D eigenvalue weighted by atomic mass is 9.95. The van der Waals surface area contributed by atoms with Gasteiger partial charge in [-0.15, -0.1) is 0 Å². The van der Waals surface area contributed by atoms with Crippen molar-refractivity contribution in [3.63, 3.8) is 0 Å². The second-order valence-corrected chi connectivity index (χ2v) is 5.37. The minimum Gasteiger partial charge on any atom is -0.348 e. The number of aromatic nitrogens is 4. The number of hydrogen-bond donors (Lipinski definition) is 2. The molecule has 0 aliphatic heterocycles. The molecule has 4 nitrogen and oxygen atoms in total. The summed E-state index contributed by atoms with van der Waals surface area (Å²) in [5.74, 6) is 1.74. The van der Waals surface area contributed by atoms with Crippen LogP contribution >= 0.6 is 0 Å². The number of imidazole rings is 2. The maximum Gasteiger partial charge on any atom is 0.121 e. The zero-order chi connectivity index (χ0) is 15.5. The van der Waals surface area contributed by atoms with Gasteiger partial charge in [0.15, 0.2) is 0 Å². The number of hydrogen-bond acceptors (Lipinski definition) is 2. The molecule has 2 aromatic heterocycles. The van der Waals surface area contributed by atoms with Crippen LogP contribution in [0.2, 0.25) is 0 Å². The molecule has 0 amide bonds. The van der Waals surface area contributed by atoms with Crippen LogP contribution in [0, 0.1) is 0 Å². The fourth-order valence-corrected chi connectivity index (χ4v) is 2.81. The van der Waals surface area contributed by atoms with Gasteiger partial charge in [-0.2, -0.15) is 0 Å². The lowest BCUT2D eigenvalue weighted by Crippen LogP contribution is -2.07. The van der Waals surface area contributed by atoms with E-state index < -0.39 is 0 Å². The van der Waals surface area contributed by atoms with Crippen molar-refractivity contribution in [3.05, 3.63) is 96.6 Å². The first-order chi connectivity index (χ1) is 11.4. The molecule has 2 N–H and O–H groups in total. The minimum atomic E-state index is -0.0233. The highest BCUT2D eigenvalue weighted by Gasteiger charge is 2.21. The minimum absolute atomic E-state index is 0.0233. The van der Waals surface area contributed by atoms with E-state index >= 15 is 0 Å². The van der Waals surface area contributed by atoms with Crippen molar-refractivity contribution in [2.24, 2.45) is 0 Å². The van der Waals surface area contributed by atoms with Gasteiger partial charge in [-0.1, -0.05) is 54.6 Å². The zero-order valence-corrected chi connectivity index (χ0v) is 12.5. The smallest absolute Gasteiger partial charge is 0.121 e. The molecule has 4 rings (SSSR count). The Labute approximate surface area is 134 Å². The summed E-state index contributed by atoms with van der Waals surface area (Å²) in [4.78, 5) is 15.2. The molecule has 0 bridgehead atoms. The molecule has 112 valence electrons. The molecule has 0 atom stereocenters. The van der Waals surface area contributed by atoms with E-state index in [1.807, 2.05) is 18.5 Å². The van der Waals surface area contributed by atoms with Crippen LogP contribution in [0.25, 0.3) is 11.1 Å². The van der Waals surface area contributed by atoms with Gasteiger partial charge < -0.3 is 9.97 Å². The Hall–Kier alpha value is -3.14. The van der Waals surface area contributed by atoms with Gasteiger partial charge in [0.1, 0.15) is 11.6 Å². The van der Waals surface area contributed by atoms with Crippen LogP contribution in [0.3, 0.4) is 0 Å². The van der Waals surface area contributed by atoms with Gasteiger partial charge in [0.05, 0.1) is 5.92 Å². The van der Waals surface area contributed by atoms with E-state index in [0.717, 1.165) is 17.2 Å². The molecule has 0 saturated carbocycles. The van der Waals surface area contributed by atoms with E-state index in [2.05, 4.69) is 68.5 Å². The highest BCUT2D eigenvalue weighted by atomic mass is 15.0. The van der Waals surface area contributed by atoms with Crippen LogP contribution < -0.4 is 0 Å². The summed E-state index contributed by atoms with van der Waals surface area (Å²) in [5.41, 5.74) is 3.56. The second-order valence-electron chi connectivity index (χ2n) is 5.37. The SMILES string of the molecule is c1ccc(-c2ccc(C(c3ncc[nH]3)c3ncc[nH]3)cc2)cc1. The summed E-state index contributed by atoms with van der Waals surface area (Å²) in [5, 5.41) is 0. The number of nitrogens with zero attached hydrogens (tertiary/aromatic N) is 2. The molecule has 2 heterocycles. The first kappa shape index (κ1) is 13.5. The fourth-order valence-electron chi connectivity index (χ4n) is 2.81. The normalized spacial score (nSPS) is 11.0. The van der Waals surface area contributed by atoms with Gasteiger partial charge in [0, 0.05) is 24.8 Å². The van der Waals surface area contributed by atoms with Crippen LogP contribution in [0.4, 0.5) is 0 Å². The molecule has 2 aromatic carbocycles. The molecule has 23 heavy (non-hydrogen) atoms. The van der Waals surface area contributed by atoms with Gasteiger partial charge in [-0.05, 0) is 16.7 Å². The third kappa shape index (κ3) is 2.66. The van der Waals surface area contributed by atoms with E-state index in [1.165, 1.54) is 11.1 Å². The summed E-state index contributed by atoms with van der Waals surface area (Å²) < 4.78 is 0. The molecule has 0 saturated heterocycles. The molecule has 0 radical (unpaired) electrons. The predicted molar refractivity (Wildman–Crippen MR) is 90.0 cm³/mol. The second kappa shape index (κ2) is 5.93. The van der Waals surface area contributed by atoms with Crippen molar-refractivity contribution in [1.29, 1.82) is 0 Å². The highest BCUT2D eigenvalue weighted by Crippen LogP contribution is 2.29. The Morgan fingerprint density at radius 3 is 1.74 bits per heavy atom. The van der Waals surface area contributed by atoms with Crippen molar-refractivity contribution in [2.75, 3.05) is 0 Å². The number of nitrogens with one attached hydrogen (secondary N) is 2. The summed E-state index contributed by atoms with van der Waals surface area (Å²) in [6, 6.07) is 18.9. The first-order valence-electron chi connectivity index (χ1n) is 7.56. The van der Waals surface area contributed by atoms with Gasteiger partial charge in [-0.3, -0.25) is 0 Å². The lowest BCUT2D eigenvalue weighted by molar-refractivity contribution is 0.822. The third-order valence-electron chi connectivity index (χ3n) is 3.94. The Kier molecular flexibility index (Phi) is 3.48. The van der Waals surface area contributed by atoms with E-state index in [0.29, 0.717) is 0 Å². The predicted octanol–water partition coefficient (Wildman–Crippen LogP) is 3.98. The van der Waals surface area contributed by atoms with E-state index in [-0.39, 0.29) is 5.92 Å². The average molecular weight is 300 g/mol. The van der Waals surface area contributed by atoms with Crippen LogP contribution in [-0.4, -0.2) is 19.9 Å². The van der Waals surface area contributed by atoms with Crippen molar-refractivity contribution in [2.45, 2.75) is 5.92 Å². The molecule has 4 aromatic rings. The Balaban J connectivity index is 1.73. The van der Waals surface area contributed by atoms with Gasteiger partial charge in [0.25, 0.3) is 0 Å². The van der Waals surface area contributed by atoms with Crippen LogP contribution in [0.5, 0.6) is 0 Å². The van der Waals surface area contributed by atoms with Crippen molar-refractivity contribution in [3.8, 4) is 11.1 Å².